The van der Waals surface area contributed by atoms with Gasteiger partial charge in [0.2, 0.25) is 0 Å². The van der Waals surface area contributed by atoms with Crippen LogP contribution in [0, 0.1) is 0 Å². The highest BCUT2D eigenvalue weighted by Crippen LogP contribution is 2.20. The van der Waals surface area contributed by atoms with Crippen LogP contribution in [-0.2, 0) is 4.79 Å². The van der Waals surface area contributed by atoms with Crippen molar-refractivity contribution in [2.75, 3.05) is 19.6 Å². The highest BCUT2D eigenvalue weighted by atomic mass is 16.1. The lowest BCUT2D eigenvalue weighted by molar-refractivity contribution is -0.113. The molecular formula is C8H14N2O. The minimum absolute atomic E-state index is 0.149. The molecule has 62 valence electrons. The Morgan fingerprint density at radius 3 is 3.18 bits per heavy atom. The number of nitrogens with one attached hydrogen (secondary N) is 1. The summed E-state index contributed by atoms with van der Waals surface area (Å²) in [4.78, 5) is 13.0. The highest BCUT2D eigenvalue weighted by molar-refractivity contribution is 5.58. The van der Waals surface area contributed by atoms with Crippen molar-refractivity contribution in [1.29, 1.82) is 0 Å². The van der Waals surface area contributed by atoms with Gasteiger partial charge in [0.25, 0.3) is 0 Å². The number of carbonyl (C=O) groups excluding carboxylic acids is 1. The maximum atomic E-state index is 10.6. The molecule has 0 aromatic heterocycles. The molecule has 3 heteroatoms. The van der Waals surface area contributed by atoms with Crippen LogP contribution in [0.2, 0.25) is 0 Å². The van der Waals surface area contributed by atoms with Crippen LogP contribution in [0.25, 0.3) is 0 Å². The molecule has 2 rings (SSSR count). The molecular weight excluding hydrogens is 140 g/mol. The lowest BCUT2D eigenvalue weighted by Gasteiger charge is -2.34. The van der Waals surface area contributed by atoms with E-state index >= 15 is 0 Å². The van der Waals surface area contributed by atoms with Crippen LogP contribution in [0.4, 0.5) is 0 Å². The van der Waals surface area contributed by atoms with Gasteiger partial charge in [-0.2, -0.15) is 0 Å². The molecule has 0 aromatic rings. The first kappa shape index (κ1) is 7.25. The number of nitrogens with zero attached hydrogens (tertiary/aromatic N) is 1. The molecule has 2 atom stereocenters. The maximum Gasteiger partial charge on any atom is 0.138 e. The largest absolute Gasteiger partial charge is 0.313 e. The predicted octanol–water partition coefficient (Wildman–Crippen LogP) is -0.378. The van der Waals surface area contributed by atoms with E-state index in [9.17, 15) is 4.79 Å². The van der Waals surface area contributed by atoms with E-state index in [1.54, 1.807) is 0 Å². The third-order valence-corrected chi connectivity index (χ3v) is 2.74. The molecule has 0 spiro atoms. The summed E-state index contributed by atoms with van der Waals surface area (Å²) in [6, 6.07) is 0.787. The van der Waals surface area contributed by atoms with Crippen LogP contribution in [0.1, 0.15) is 12.8 Å². The summed E-state index contributed by atoms with van der Waals surface area (Å²) in [5.41, 5.74) is 0. The van der Waals surface area contributed by atoms with Gasteiger partial charge in [-0.25, -0.2) is 0 Å². The molecule has 2 aliphatic heterocycles. The Hall–Kier alpha value is -0.410. The smallest absolute Gasteiger partial charge is 0.138 e. The van der Waals surface area contributed by atoms with Gasteiger partial charge in [-0.05, 0) is 19.4 Å². The van der Waals surface area contributed by atoms with Crippen molar-refractivity contribution in [3.63, 3.8) is 0 Å². The number of rotatable bonds is 1. The fourth-order valence-electron chi connectivity index (χ4n) is 2.16. The summed E-state index contributed by atoms with van der Waals surface area (Å²) >= 11 is 0. The molecule has 0 aromatic carbocycles. The van der Waals surface area contributed by atoms with E-state index in [1.807, 2.05) is 0 Å². The Morgan fingerprint density at radius 1 is 1.45 bits per heavy atom. The topological polar surface area (TPSA) is 32.3 Å². The Labute approximate surface area is 66.8 Å². The second-order valence-electron chi connectivity index (χ2n) is 3.40. The average molecular weight is 154 g/mol. The third kappa shape index (κ3) is 1.19. The number of hydrogen-bond acceptors (Lipinski definition) is 3. The van der Waals surface area contributed by atoms with Crippen molar-refractivity contribution in [2.24, 2.45) is 0 Å². The van der Waals surface area contributed by atoms with E-state index < -0.39 is 0 Å². The van der Waals surface area contributed by atoms with Gasteiger partial charge in [0.05, 0.1) is 6.04 Å². The summed E-state index contributed by atoms with van der Waals surface area (Å²) in [7, 11) is 0. The van der Waals surface area contributed by atoms with Gasteiger partial charge in [-0.1, -0.05) is 0 Å². The standard InChI is InChI=1S/C8H14N2O/c11-6-8-5-9-4-7-2-1-3-10(7)8/h6-9H,1-5H2/t7-,8?/m1/s1. The van der Waals surface area contributed by atoms with Gasteiger partial charge < -0.3 is 10.1 Å². The Morgan fingerprint density at radius 2 is 2.36 bits per heavy atom. The van der Waals surface area contributed by atoms with Crippen LogP contribution in [0.15, 0.2) is 0 Å². The number of piperazine rings is 1. The molecule has 1 N–H and O–H groups in total. The van der Waals surface area contributed by atoms with Gasteiger partial charge >= 0.3 is 0 Å². The molecule has 11 heavy (non-hydrogen) atoms. The molecule has 0 radical (unpaired) electrons. The van der Waals surface area contributed by atoms with Crippen LogP contribution in [0.3, 0.4) is 0 Å². The third-order valence-electron chi connectivity index (χ3n) is 2.74. The van der Waals surface area contributed by atoms with Crippen LogP contribution in [-0.4, -0.2) is 42.9 Å². The van der Waals surface area contributed by atoms with Gasteiger partial charge in [-0.15, -0.1) is 0 Å². The quantitative estimate of drug-likeness (QED) is 0.523. The Bertz CT molecular complexity index is 160. The summed E-state index contributed by atoms with van der Waals surface area (Å²) < 4.78 is 0. The number of carbonyl (C=O) groups is 1. The predicted molar refractivity (Wildman–Crippen MR) is 42.4 cm³/mol. The molecule has 0 saturated carbocycles. The van der Waals surface area contributed by atoms with Crippen LogP contribution < -0.4 is 5.32 Å². The lowest BCUT2D eigenvalue weighted by atomic mass is 10.1. The lowest BCUT2D eigenvalue weighted by Crippen LogP contribution is -2.55. The molecule has 0 amide bonds. The summed E-state index contributed by atoms with van der Waals surface area (Å²) in [5.74, 6) is 0. The number of aldehydes is 1. The van der Waals surface area contributed by atoms with Crippen molar-refractivity contribution < 1.29 is 4.79 Å². The zero-order valence-corrected chi connectivity index (χ0v) is 6.62. The zero-order valence-electron chi connectivity index (χ0n) is 6.62. The van der Waals surface area contributed by atoms with E-state index in [0.29, 0.717) is 6.04 Å². The first-order chi connectivity index (χ1) is 5.42. The molecule has 0 bridgehead atoms. The van der Waals surface area contributed by atoms with Crippen molar-refractivity contribution in [1.82, 2.24) is 10.2 Å². The molecule has 2 aliphatic rings. The average Bonchev–Trinajstić information content (AvgIpc) is 2.50. The van der Waals surface area contributed by atoms with E-state index in [4.69, 9.17) is 0 Å². The highest BCUT2D eigenvalue weighted by Gasteiger charge is 2.33. The maximum absolute atomic E-state index is 10.6. The molecule has 2 saturated heterocycles. The fourth-order valence-corrected chi connectivity index (χ4v) is 2.16. The molecule has 0 aliphatic carbocycles. The number of fused-ring (bicyclic) bond motifs is 1. The van der Waals surface area contributed by atoms with E-state index in [2.05, 4.69) is 10.2 Å². The molecule has 3 nitrogen and oxygen atoms in total. The monoisotopic (exact) mass is 154 g/mol. The normalized spacial score (nSPS) is 38.5. The van der Waals surface area contributed by atoms with Gasteiger partial charge in [-0.3, -0.25) is 4.90 Å². The van der Waals surface area contributed by atoms with Crippen molar-refractivity contribution >= 4 is 6.29 Å². The summed E-state index contributed by atoms with van der Waals surface area (Å²) in [6.45, 7) is 3.04. The van der Waals surface area contributed by atoms with Crippen LogP contribution >= 0.6 is 0 Å². The van der Waals surface area contributed by atoms with E-state index in [1.165, 1.54) is 12.8 Å². The van der Waals surface area contributed by atoms with Gasteiger partial charge in [0, 0.05) is 19.1 Å². The Balaban J connectivity index is 2.06. The Kier molecular flexibility index (Phi) is 1.92. The second-order valence-corrected chi connectivity index (χ2v) is 3.40. The molecule has 2 fully saturated rings. The van der Waals surface area contributed by atoms with Crippen molar-refractivity contribution in [3.05, 3.63) is 0 Å². The van der Waals surface area contributed by atoms with Crippen LogP contribution in [0.5, 0.6) is 0 Å². The zero-order chi connectivity index (χ0) is 7.68. The SMILES string of the molecule is O=CC1CNC[C@H]2CCCN12. The van der Waals surface area contributed by atoms with Crippen molar-refractivity contribution in [2.45, 2.75) is 24.9 Å². The fraction of sp³-hybridized carbons (Fsp3) is 0.875. The molecule has 2 heterocycles. The minimum Gasteiger partial charge on any atom is -0.313 e. The summed E-state index contributed by atoms with van der Waals surface area (Å²) in [6.07, 6.45) is 3.60. The van der Waals surface area contributed by atoms with E-state index in [-0.39, 0.29) is 6.04 Å². The molecule has 1 unspecified atom stereocenters. The summed E-state index contributed by atoms with van der Waals surface area (Å²) in [5, 5.41) is 3.28. The van der Waals surface area contributed by atoms with E-state index in [0.717, 1.165) is 25.9 Å². The first-order valence-corrected chi connectivity index (χ1v) is 4.33. The first-order valence-electron chi connectivity index (χ1n) is 4.33. The van der Waals surface area contributed by atoms with Gasteiger partial charge in [0.1, 0.15) is 6.29 Å². The second kappa shape index (κ2) is 2.91. The van der Waals surface area contributed by atoms with Gasteiger partial charge in [0.15, 0.2) is 0 Å². The van der Waals surface area contributed by atoms with Crippen molar-refractivity contribution in [3.8, 4) is 0 Å². The minimum atomic E-state index is 0.149. The number of hydrogen-bond donors (Lipinski definition) is 1.